The Bertz CT molecular complexity index is 610. The molecule has 0 spiro atoms. The zero-order valence-corrected chi connectivity index (χ0v) is 12.1. The van der Waals surface area contributed by atoms with Gasteiger partial charge in [0.2, 0.25) is 5.91 Å². The average molecular weight is 288 g/mol. The van der Waals surface area contributed by atoms with Gasteiger partial charge in [-0.1, -0.05) is 6.07 Å². The Morgan fingerprint density at radius 1 is 1.45 bits per heavy atom. The number of hydrogen-bond acceptors (Lipinski definition) is 4. The van der Waals surface area contributed by atoms with Gasteiger partial charge in [0.05, 0.1) is 18.7 Å². The molecular weight excluding hydrogens is 272 g/mol. The van der Waals surface area contributed by atoms with Crippen LogP contribution in [0.4, 0.5) is 11.4 Å². The summed E-state index contributed by atoms with van der Waals surface area (Å²) in [5.74, 6) is 0.823. The highest BCUT2D eigenvalue weighted by molar-refractivity contribution is 7.10. The third kappa shape index (κ3) is 2.77. The zero-order chi connectivity index (χ0) is 13.9. The van der Waals surface area contributed by atoms with E-state index in [-0.39, 0.29) is 5.91 Å². The quantitative estimate of drug-likeness (QED) is 0.944. The van der Waals surface area contributed by atoms with Crippen LogP contribution in [0.25, 0.3) is 0 Å². The summed E-state index contributed by atoms with van der Waals surface area (Å²) in [4.78, 5) is 15.2. The molecule has 1 aromatic heterocycles. The highest BCUT2D eigenvalue weighted by atomic mass is 32.1. The van der Waals surface area contributed by atoms with Gasteiger partial charge in [-0.15, -0.1) is 11.3 Å². The van der Waals surface area contributed by atoms with Crippen molar-refractivity contribution in [2.75, 3.05) is 30.4 Å². The van der Waals surface area contributed by atoms with Crippen LogP contribution < -0.4 is 15.0 Å². The van der Waals surface area contributed by atoms with Crippen LogP contribution in [0.3, 0.4) is 0 Å². The van der Waals surface area contributed by atoms with E-state index in [4.69, 9.17) is 4.74 Å². The van der Waals surface area contributed by atoms with Gasteiger partial charge in [0.1, 0.15) is 12.4 Å². The molecular formula is C15H16N2O2S. The number of ether oxygens (including phenoxy) is 1. The summed E-state index contributed by atoms with van der Waals surface area (Å²) in [5.41, 5.74) is 1.84. The summed E-state index contributed by atoms with van der Waals surface area (Å²) < 4.78 is 5.63. The van der Waals surface area contributed by atoms with Gasteiger partial charge in [0.25, 0.3) is 0 Å². The molecule has 0 radical (unpaired) electrons. The van der Waals surface area contributed by atoms with Crippen LogP contribution >= 0.6 is 11.3 Å². The fourth-order valence-corrected chi connectivity index (χ4v) is 2.92. The SMILES string of the molecule is CN1CCOc2cc(NC(=O)Cc3cccs3)ccc21. The fourth-order valence-electron chi connectivity index (χ4n) is 2.21. The van der Waals surface area contributed by atoms with Crippen molar-refractivity contribution in [3.63, 3.8) is 0 Å². The molecule has 0 atom stereocenters. The number of nitrogens with one attached hydrogen (secondary N) is 1. The van der Waals surface area contributed by atoms with Crippen molar-refractivity contribution in [1.82, 2.24) is 0 Å². The number of rotatable bonds is 3. The van der Waals surface area contributed by atoms with Gasteiger partial charge in [-0.05, 0) is 23.6 Å². The maximum atomic E-state index is 12.0. The van der Waals surface area contributed by atoms with Crippen LogP contribution in [-0.4, -0.2) is 26.1 Å². The van der Waals surface area contributed by atoms with E-state index in [2.05, 4.69) is 10.2 Å². The molecule has 1 aliphatic heterocycles. The Morgan fingerprint density at radius 3 is 3.15 bits per heavy atom. The molecule has 104 valence electrons. The molecule has 0 fully saturated rings. The molecule has 0 aliphatic carbocycles. The minimum Gasteiger partial charge on any atom is -0.489 e. The van der Waals surface area contributed by atoms with Gasteiger partial charge < -0.3 is 15.0 Å². The van der Waals surface area contributed by atoms with E-state index in [1.54, 1.807) is 11.3 Å². The maximum absolute atomic E-state index is 12.0. The van der Waals surface area contributed by atoms with Crippen molar-refractivity contribution in [3.05, 3.63) is 40.6 Å². The molecule has 5 heteroatoms. The zero-order valence-electron chi connectivity index (χ0n) is 11.3. The Labute approximate surface area is 122 Å². The van der Waals surface area contributed by atoms with Crippen LogP contribution in [-0.2, 0) is 11.2 Å². The number of thiophene rings is 1. The number of amides is 1. The molecule has 2 aromatic rings. The van der Waals surface area contributed by atoms with Crippen molar-refractivity contribution >= 4 is 28.6 Å². The Balaban J connectivity index is 1.70. The largest absolute Gasteiger partial charge is 0.489 e. The van der Waals surface area contributed by atoms with Gasteiger partial charge >= 0.3 is 0 Å². The van der Waals surface area contributed by atoms with Gasteiger partial charge in [0, 0.05) is 23.7 Å². The van der Waals surface area contributed by atoms with Crippen LogP contribution in [0.5, 0.6) is 5.75 Å². The second-order valence-corrected chi connectivity index (χ2v) is 5.79. The lowest BCUT2D eigenvalue weighted by molar-refractivity contribution is -0.115. The van der Waals surface area contributed by atoms with Crippen molar-refractivity contribution < 1.29 is 9.53 Å². The van der Waals surface area contributed by atoms with Gasteiger partial charge in [-0.25, -0.2) is 0 Å². The molecule has 3 rings (SSSR count). The Hall–Kier alpha value is -2.01. The minimum absolute atomic E-state index is 0.00318. The average Bonchev–Trinajstić information content (AvgIpc) is 2.91. The molecule has 0 saturated carbocycles. The van der Waals surface area contributed by atoms with Gasteiger partial charge in [-0.3, -0.25) is 4.79 Å². The third-order valence-corrected chi connectivity index (χ3v) is 4.13. The van der Waals surface area contributed by atoms with Crippen molar-refractivity contribution in [2.24, 2.45) is 0 Å². The molecule has 20 heavy (non-hydrogen) atoms. The summed E-state index contributed by atoms with van der Waals surface area (Å²) in [7, 11) is 2.04. The van der Waals surface area contributed by atoms with Crippen LogP contribution in [0.15, 0.2) is 35.7 Å². The first-order valence-electron chi connectivity index (χ1n) is 6.52. The van der Waals surface area contributed by atoms with E-state index in [0.29, 0.717) is 13.0 Å². The lowest BCUT2D eigenvalue weighted by Crippen LogP contribution is -2.28. The second-order valence-electron chi connectivity index (χ2n) is 4.76. The molecule has 1 N–H and O–H groups in total. The lowest BCUT2D eigenvalue weighted by Gasteiger charge is -2.27. The Morgan fingerprint density at radius 2 is 2.35 bits per heavy atom. The van der Waals surface area contributed by atoms with E-state index in [1.165, 1.54) is 0 Å². The summed E-state index contributed by atoms with van der Waals surface area (Å²) in [5, 5.41) is 4.89. The number of fused-ring (bicyclic) bond motifs is 1. The van der Waals surface area contributed by atoms with Crippen molar-refractivity contribution in [3.8, 4) is 5.75 Å². The third-order valence-electron chi connectivity index (χ3n) is 3.25. The van der Waals surface area contributed by atoms with Crippen LogP contribution in [0, 0.1) is 0 Å². The monoisotopic (exact) mass is 288 g/mol. The second kappa shape index (κ2) is 5.54. The topological polar surface area (TPSA) is 41.6 Å². The summed E-state index contributed by atoms with van der Waals surface area (Å²) in [6, 6.07) is 9.70. The van der Waals surface area contributed by atoms with Crippen molar-refractivity contribution in [1.29, 1.82) is 0 Å². The molecule has 2 heterocycles. The molecule has 0 bridgehead atoms. The molecule has 1 aromatic carbocycles. The number of anilines is 2. The molecule has 1 amide bonds. The first kappa shape index (κ1) is 13.0. The highest BCUT2D eigenvalue weighted by Gasteiger charge is 2.15. The number of benzene rings is 1. The fraction of sp³-hybridized carbons (Fsp3) is 0.267. The van der Waals surface area contributed by atoms with Crippen LogP contribution in [0.2, 0.25) is 0 Å². The summed E-state index contributed by atoms with van der Waals surface area (Å²) in [6.45, 7) is 1.56. The number of nitrogens with zero attached hydrogens (tertiary/aromatic N) is 1. The van der Waals surface area contributed by atoms with Gasteiger partial charge in [-0.2, -0.15) is 0 Å². The van der Waals surface area contributed by atoms with Gasteiger partial charge in [0.15, 0.2) is 0 Å². The molecule has 4 nitrogen and oxygen atoms in total. The van der Waals surface area contributed by atoms with E-state index >= 15 is 0 Å². The first-order chi connectivity index (χ1) is 9.72. The predicted molar refractivity (Wildman–Crippen MR) is 81.9 cm³/mol. The number of carbonyl (C=O) groups excluding carboxylic acids is 1. The smallest absolute Gasteiger partial charge is 0.229 e. The number of hydrogen-bond donors (Lipinski definition) is 1. The first-order valence-corrected chi connectivity index (χ1v) is 7.40. The van der Waals surface area contributed by atoms with E-state index in [1.807, 2.05) is 42.8 Å². The lowest BCUT2D eigenvalue weighted by atomic mass is 10.2. The molecule has 0 saturated heterocycles. The molecule has 0 unspecified atom stereocenters. The van der Waals surface area contributed by atoms with E-state index < -0.39 is 0 Å². The predicted octanol–water partition coefficient (Wildman–Crippen LogP) is 2.76. The van der Waals surface area contributed by atoms with Crippen molar-refractivity contribution in [2.45, 2.75) is 6.42 Å². The summed E-state index contributed by atoms with van der Waals surface area (Å²) in [6.07, 6.45) is 0.412. The maximum Gasteiger partial charge on any atom is 0.229 e. The number of carbonyl (C=O) groups is 1. The minimum atomic E-state index is -0.00318. The van der Waals surface area contributed by atoms with E-state index in [9.17, 15) is 4.79 Å². The van der Waals surface area contributed by atoms with E-state index in [0.717, 1.165) is 28.5 Å². The summed E-state index contributed by atoms with van der Waals surface area (Å²) >= 11 is 1.59. The Kier molecular flexibility index (Phi) is 3.60. The van der Waals surface area contributed by atoms with Crippen LogP contribution in [0.1, 0.15) is 4.88 Å². The number of likely N-dealkylation sites (N-methyl/N-ethyl adjacent to an activating group) is 1. The molecule has 1 aliphatic rings. The highest BCUT2D eigenvalue weighted by Crippen LogP contribution is 2.33. The normalized spacial score (nSPS) is 13.6. The standard InChI is InChI=1S/C15H16N2O2S/c1-17-6-7-19-14-9-11(4-5-13(14)17)16-15(18)10-12-3-2-8-20-12/h2-5,8-9H,6-7,10H2,1H3,(H,16,18).